The molecule has 58 heavy (non-hydrogen) atoms. The minimum atomic E-state index is 0. The standard InChI is InChI=1S/2C22H25.C12H7Si.Zr/c2*1-14(2)11-18-12-19-7-6-8-21(22(19)13-18)20-10-9-15(3)16(4)17(20)5;1-3-7-11-9(5-1)10-6-2-4-8-12(10)13-11;/h2*6-10,12-14H,11H2,1-5H3;1-7H;/q3*-1;+3. The zero-order valence-electron chi connectivity index (χ0n) is 36.2. The molecule has 3 radical (unpaired) electrons. The van der Waals surface area contributed by atoms with E-state index >= 15 is 0 Å². The second kappa shape index (κ2) is 18.7. The van der Waals surface area contributed by atoms with Gasteiger partial charge in [0.1, 0.15) is 0 Å². The molecule has 0 saturated heterocycles. The molecule has 0 amide bonds. The molecule has 9 rings (SSSR count). The Hall–Kier alpha value is -4.36. The average Bonchev–Trinajstić information content (AvgIpc) is 3.91. The first kappa shape index (κ1) is 43.2. The van der Waals surface area contributed by atoms with Crippen LogP contribution in [0, 0.1) is 59.4 Å². The molecule has 8 aromatic carbocycles. The maximum Gasteiger partial charge on any atom is 3.00 e. The molecular weight excluding hydrogens is 792 g/mol. The third-order valence-corrected chi connectivity index (χ3v) is 13.3. The maximum atomic E-state index is 3.31. The van der Waals surface area contributed by atoms with Gasteiger partial charge in [0.2, 0.25) is 0 Å². The summed E-state index contributed by atoms with van der Waals surface area (Å²) in [4.78, 5) is 0. The van der Waals surface area contributed by atoms with Crippen LogP contribution in [-0.4, -0.2) is 9.52 Å². The summed E-state index contributed by atoms with van der Waals surface area (Å²) in [5.41, 5.74) is 19.5. The summed E-state index contributed by atoms with van der Waals surface area (Å²) in [6.07, 6.45) is 2.31. The van der Waals surface area contributed by atoms with Crippen molar-refractivity contribution in [2.45, 2.75) is 82.1 Å². The SMILES string of the molecule is Cc1ccc(-c2cccc3[cH-]c(CC(C)C)cc23)c(C)c1C.Cc1ccc(-c2cccc3[cH-]c(CC(C)C)cc23)c(C)c1C.[Zr+3].[c-]1cccc2c1[Si]c1ccccc1-2. The molecule has 0 bridgehead atoms. The third-order valence-electron chi connectivity index (χ3n) is 11.9. The second-order valence-electron chi connectivity index (χ2n) is 17.0. The molecule has 0 spiro atoms. The molecular formula is C56H57SiZr. The van der Waals surface area contributed by atoms with Gasteiger partial charge in [0.15, 0.2) is 0 Å². The zero-order valence-corrected chi connectivity index (χ0v) is 39.7. The third kappa shape index (κ3) is 9.25. The van der Waals surface area contributed by atoms with E-state index in [0.29, 0.717) is 11.8 Å². The van der Waals surface area contributed by atoms with Gasteiger partial charge in [0.05, 0.1) is 9.52 Å². The van der Waals surface area contributed by atoms with Crippen LogP contribution in [0.1, 0.15) is 72.2 Å². The van der Waals surface area contributed by atoms with Crippen molar-refractivity contribution in [1.29, 1.82) is 0 Å². The van der Waals surface area contributed by atoms with Crippen LogP contribution in [0.4, 0.5) is 0 Å². The van der Waals surface area contributed by atoms with Crippen LogP contribution in [0.15, 0.2) is 127 Å². The molecule has 0 aliphatic carbocycles. The molecule has 0 aromatic heterocycles. The fraction of sp³-hybridized carbons (Fsp3) is 0.250. The predicted octanol–water partition coefficient (Wildman–Crippen LogP) is 13.8. The van der Waals surface area contributed by atoms with Gasteiger partial charge in [-0.2, -0.15) is 41.6 Å². The van der Waals surface area contributed by atoms with Gasteiger partial charge in [0.25, 0.3) is 0 Å². The molecule has 0 fully saturated rings. The Kier molecular flexibility index (Phi) is 13.9. The fourth-order valence-corrected chi connectivity index (χ4v) is 9.77. The Labute approximate surface area is 370 Å². The number of fused-ring (bicyclic) bond motifs is 5. The zero-order chi connectivity index (χ0) is 40.4. The fourth-order valence-electron chi connectivity index (χ4n) is 8.46. The van der Waals surface area contributed by atoms with Crippen LogP contribution in [-0.2, 0) is 39.0 Å². The van der Waals surface area contributed by atoms with E-state index in [9.17, 15) is 0 Å². The largest absolute Gasteiger partial charge is 3.00 e. The van der Waals surface area contributed by atoms with Gasteiger partial charge in [-0.25, -0.2) is 0 Å². The Balaban J connectivity index is 0.000000150. The molecule has 2 heteroatoms. The Morgan fingerprint density at radius 3 is 1.45 bits per heavy atom. The molecule has 289 valence electrons. The van der Waals surface area contributed by atoms with E-state index in [4.69, 9.17) is 0 Å². The van der Waals surface area contributed by atoms with Crippen LogP contribution in [0.3, 0.4) is 0 Å². The molecule has 0 unspecified atom stereocenters. The van der Waals surface area contributed by atoms with Gasteiger partial charge in [-0.15, -0.1) is 74.6 Å². The summed E-state index contributed by atoms with van der Waals surface area (Å²) in [5.74, 6) is 1.40. The van der Waals surface area contributed by atoms with Gasteiger partial charge in [-0.05, 0) is 111 Å². The number of aryl methyl sites for hydroxylation is 2. The van der Waals surface area contributed by atoms with Gasteiger partial charge in [-0.3, -0.25) is 0 Å². The van der Waals surface area contributed by atoms with E-state index in [-0.39, 0.29) is 26.2 Å². The summed E-state index contributed by atoms with van der Waals surface area (Å²) in [6.45, 7) is 22.5. The van der Waals surface area contributed by atoms with Crippen LogP contribution in [0.2, 0.25) is 0 Å². The predicted molar refractivity (Wildman–Crippen MR) is 251 cm³/mol. The molecule has 0 N–H and O–H groups in total. The van der Waals surface area contributed by atoms with Crippen molar-refractivity contribution in [3.63, 3.8) is 0 Å². The molecule has 8 aromatic rings. The first-order valence-electron chi connectivity index (χ1n) is 20.8. The van der Waals surface area contributed by atoms with Gasteiger partial charge < -0.3 is 0 Å². The topological polar surface area (TPSA) is 0 Å². The first-order chi connectivity index (χ1) is 27.4. The number of rotatable bonds is 6. The van der Waals surface area contributed by atoms with E-state index in [2.05, 4.69) is 197 Å². The number of hydrogen-bond acceptors (Lipinski definition) is 0. The Morgan fingerprint density at radius 2 is 0.948 bits per heavy atom. The summed E-state index contributed by atoms with van der Waals surface area (Å²) in [6, 6.07) is 50.1. The van der Waals surface area contributed by atoms with Crippen LogP contribution in [0.25, 0.3) is 54.9 Å². The van der Waals surface area contributed by atoms with E-state index in [0.717, 1.165) is 22.4 Å². The Morgan fingerprint density at radius 1 is 0.483 bits per heavy atom. The maximum absolute atomic E-state index is 3.31. The Bertz CT molecular complexity index is 2490. The van der Waals surface area contributed by atoms with Gasteiger partial charge in [0, 0.05) is 0 Å². The van der Waals surface area contributed by atoms with Crippen LogP contribution in [0.5, 0.6) is 0 Å². The van der Waals surface area contributed by atoms with E-state index in [1.54, 1.807) is 0 Å². The number of benzene rings is 6. The summed E-state index contributed by atoms with van der Waals surface area (Å²) in [5, 5.41) is 8.34. The minimum Gasteiger partial charge on any atom is -0.184 e. The molecule has 1 aliphatic rings. The summed E-state index contributed by atoms with van der Waals surface area (Å²) >= 11 is 0. The van der Waals surface area contributed by atoms with E-state index < -0.39 is 0 Å². The summed E-state index contributed by atoms with van der Waals surface area (Å²) < 4.78 is 0. The smallest absolute Gasteiger partial charge is 0.184 e. The van der Waals surface area contributed by atoms with Crippen molar-refractivity contribution in [3.05, 3.63) is 178 Å². The summed E-state index contributed by atoms with van der Waals surface area (Å²) in [7, 11) is 0.795. The average molecular weight is 849 g/mol. The molecule has 0 nitrogen and oxygen atoms in total. The monoisotopic (exact) mass is 847 g/mol. The quantitative estimate of drug-likeness (QED) is 0.116. The van der Waals surface area contributed by atoms with Crippen molar-refractivity contribution in [2.75, 3.05) is 0 Å². The number of hydrogen-bond donors (Lipinski definition) is 0. The van der Waals surface area contributed by atoms with Crippen molar-refractivity contribution in [1.82, 2.24) is 0 Å². The van der Waals surface area contributed by atoms with Crippen molar-refractivity contribution >= 4 is 41.4 Å². The van der Waals surface area contributed by atoms with Crippen LogP contribution < -0.4 is 10.4 Å². The molecule has 0 atom stereocenters. The van der Waals surface area contributed by atoms with E-state index in [1.165, 1.54) is 110 Å². The van der Waals surface area contributed by atoms with Gasteiger partial charge >= 0.3 is 26.2 Å². The molecule has 1 aliphatic heterocycles. The van der Waals surface area contributed by atoms with Crippen molar-refractivity contribution < 1.29 is 26.2 Å². The van der Waals surface area contributed by atoms with Crippen LogP contribution >= 0.6 is 0 Å². The normalized spacial score (nSPS) is 11.5. The molecule has 0 saturated carbocycles. The van der Waals surface area contributed by atoms with Crippen molar-refractivity contribution in [3.8, 4) is 33.4 Å². The minimum absolute atomic E-state index is 0. The molecule has 1 heterocycles. The van der Waals surface area contributed by atoms with E-state index in [1.807, 2.05) is 6.07 Å². The first-order valence-corrected chi connectivity index (χ1v) is 21.8. The van der Waals surface area contributed by atoms with Gasteiger partial charge in [-0.1, -0.05) is 110 Å². The second-order valence-corrected chi connectivity index (χ2v) is 18.3. The van der Waals surface area contributed by atoms with Crippen molar-refractivity contribution in [2.24, 2.45) is 11.8 Å².